The number of rotatable bonds is 3. The quantitative estimate of drug-likeness (QED) is 0.817. The Morgan fingerprint density at radius 1 is 1.44 bits per heavy atom. The highest BCUT2D eigenvalue weighted by molar-refractivity contribution is 5.87. The van der Waals surface area contributed by atoms with Crippen LogP contribution in [0, 0.1) is 0 Å². The van der Waals surface area contributed by atoms with Gasteiger partial charge in [-0.3, -0.25) is 4.98 Å². The topological polar surface area (TPSA) is 74.2 Å². The molecular formula is C12H15N3O. The lowest BCUT2D eigenvalue weighted by Gasteiger charge is -2.11. The molecule has 1 atom stereocenters. The number of hydrogen-bond donors (Lipinski definition) is 2. The molecule has 0 spiro atoms. The van der Waals surface area contributed by atoms with E-state index >= 15 is 0 Å². The molecule has 0 saturated carbocycles. The molecule has 0 aliphatic carbocycles. The number of anilines is 1. The van der Waals surface area contributed by atoms with Gasteiger partial charge in [0.15, 0.2) is 0 Å². The molecule has 1 heterocycles. The molecule has 2 aromatic rings. The Kier molecular flexibility index (Phi) is 2.92. The normalized spacial score (nSPS) is 12.6. The molecule has 0 amide bonds. The predicted octanol–water partition coefficient (Wildman–Crippen LogP) is 1.54. The number of hydrogen-bond acceptors (Lipinski definition) is 4. The van der Waals surface area contributed by atoms with E-state index in [1.165, 1.54) is 0 Å². The summed E-state index contributed by atoms with van der Waals surface area (Å²) >= 11 is 0. The predicted molar refractivity (Wildman–Crippen MR) is 65.3 cm³/mol. The molecule has 0 saturated heterocycles. The van der Waals surface area contributed by atoms with Gasteiger partial charge < -0.3 is 16.2 Å². The van der Waals surface area contributed by atoms with Crippen molar-refractivity contribution in [3.05, 3.63) is 30.5 Å². The van der Waals surface area contributed by atoms with Crippen LogP contribution in [0.4, 0.5) is 5.69 Å². The van der Waals surface area contributed by atoms with Crippen LogP contribution < -0.4 is 16.2 Å². The molecule has 0 aliphatic heterocycles. The third-order valence-corrected chi connectivity index (χ3v) is 2.21. The second kappa shape index (κ2) is 4.37. The largest absolute Gasteiger partial charge is 0.491 e. The van der Waals surface area contributed by atoms with Crippen LogP contribution in [0.2, 0.25) is 0 Å². The Bertz CT molecular complexity index is 497. The lowest BCUT2D eigenvalue weighted by molar-refractivity contribution is 0.299. The standard InChI is InChI=1S/C12H15N3O/c1-8(13)7-16-12-4-2-3-11-10(12)5-9(14)6-15-11/h2-6,8H,7,13-14H2,1H3. The van der Waals surface area contributed by atoms with Crippen LogP contribution >= 0.6 is 0 Å². The van der Waals surface area contributed by atoms with E-state index in [2.05, 4.69) is 4.98 Å². The number of aromatic nitrogens is 1. The summed E-state index contributed by atoms with van der Waals surface area (Å²) in [6.45, 7) is 2.38. The fourth-order valence-electron chi connectivity index (χ4n) is 1.49. The fraction of sp³-hybridized carbons (Fsp3) is 0.250. The van der Waals surface area contributed by atoms with Crippen LogP contribution in [0.25, 0.3) is 10.9 Å². The zero-order valence-electron chi connectivity index (χ0n) is 9.18. The smallest absolute Gasteiger partial charge is 0.128 e. The monoisotopic (exact) mass is 217 g/mol. The lowest BCUT2D eigenvalue weighted by atomic mass is 10.2. The second-order valence-electron chi connectivity index (χ2n) is 3.88. The Balaban J connectivity index is 2.40. The van der Waals surface area contributed by atoms with E-state index in [1.54, 1.807) is 6.20 Å². The highest BCUT2D eigenvalue weighted by atomic mass is 16.5. The first kappa shape index (κ1) is 10.7. The van der Waals surface area contributed by atoms with Crippen molar-refractivity contribution >= 4 is 16.6 Å². The minimum Gasteiger partial charge on any atom is -0.491 e. The maximum atomic E-state index is 5.71. The van der Waals surface area contributed by atoms with E-state index in [9.17, 15) is 0 Å². The van der Waals surface area contributed by atoms with Crippen molar-refractivity contribution in [1.29, 1.82) is 0 Å². The fourth-order valence-corrected chi connectivity index (χ4v) is 1.49. The first-order chi connectivity index (χ1) is 7.66. The molecule has 0 fully saturated rings. The van der Waals surface area contributed by atoms with Crippen LogP contribution in [-0.4, -0.2) is 17.6 Å². The van der Waals surface area contributed by atoms with Crippen molar-refractivity contribution in [3.8, 4) is 5.75 Å². The third-order valence-electron chi connectivity index (χ3n) is 2.21. The minimum atomic E-state index is 0.00396. The van der Waals surface area contributed by atoms with E-state index in [-0.39, 0.29) is 6.04 Å². The van der Waals surface area contributed by atoms with E-state index in [0.717, 1.165) is 16.7 Å². The number of nitrogen functional groups attached to an aromatic ring is 1. The molecule has 0 aliphatic rings. The van der Waals surface area contributed by atoms with Crippen molar-refractivity contribution in [3.63, 3.8) is 0 Å². The third kappa shape index (κ3) is 2.23. The summed E-state index contributed by atoms with van der Waals surface area (Å²) in [5.74, 6) is 0.773. The van der Waals surface area contributed by atoms with Gasteiger partial charge in [0, 0.05) is 11.4 Å². The van der Waals surface area contributed by atoms with Gasteiger partial charge in [-0.15, -0.1) is 0 Å². The number of nitrogens with two attached hydrogens (primary N) is 2. The average Bonchev–Trinajstić information content (AvgIpc) is 2.26. The molecule has 16 heavy (non-hydrogen) atoms. The Labute approximate surface area is 94.2 Å². The maximum Gasteiger partial charge on any atom is 0.128 e. The summed E-state index contributed by atoms with van der Waals surface area (Å²) in [6, 6.07) is 7.59. The maximum absolute atomic E-state index is 5.71. The van der Waals surface area contributed by atoms with Gasteiger partial charge in [-0.2, -0.15) is 0 Å². The molecule has 1 aromatic carbocycles. The highest BCUT2D eigenvalue weighted by Gasteiger charge is 2.04. The molecule has 0 radical (unpaired) electrons. The number of nitrogens with zero attached hydrogens (tertiary/aromatic N) is 1. The van der Waals surface area contributed by atoms with Gasteiger partial charge in [-0.05, 0) is 25.1 Å². The van der Waals surface area contributed by atoms with E-state index in [1.807, 2.05) is 31.2 Å². The van der Waals surface area contributed by atoms with Crippen molar-refractivity contribution in [1.82, 2.24) is 4.98 Å². The van der Waals surface area contributed by atoms with Crippen molar-refractivity contribution in [2.24, 2.45) is 5.73 Å². The Hall–Kier alpha value is -1.81. The van der Waals surface area contributed by atoms with E-state index in [4.69, 9.17) is 16.2 Å². The van der Waals surface area contributed by atoms with E-state index < -0.39 is 0 Å². The van der Waals surface area contributed by atoms with Crippen LogP contribution in [0.15, 0.2) is 30.5 Å². The number of fused-ring (bicyclic) bond motifs is 1. The zero-order valence-corrected chi connectivity index (χ0v) is 9.18. The number of ether oxygens (including phenoxy) is 1. The molecule has 1 unspecified atom stereocenters. The van der Waals surface area contributed by atoms with Gasteiger partial charge in [0.05, 0.1) is 17.4 Å². The average molecular weight is 217 g/mol. The van der Waals surface area contributed by atoms with Crippen LogP contribution in [0.1, 0.15) is 6.92 Å². The minimum absolute atomic E-state index is 0.00396. The van der Waals surface area contributed by atoms with Crippen molar-refractivity contribution < 1.29 is 4.74 Å². The van der Waals surface area contributed by atoms with Crippen LogP contribution in [-0.2, 0) is 0 Å². The Morgan fingerprint density at radius 3 is 3.00 bits per heavy atom. The SMILES string of the molecule is CC(N)COc1cccc2ncc(N)cc12. The molecule has 4 heteroatoms. The van der Waals surface area contributed by atoms with Gasteiger partial charge in [0.2, 0.25) is 0 Å². The summed E-state index contributed by atoms with van der Waals surface area (Å²) in [4.78, 5) is 4.23. The summed E-state index contributed by atoms with van der Waals surface area (Å²) in [5, 5.41) is 0.920. The zero-order chi connectivity index (χ0) is 11.5. The van der Waals surface area contributed by atoms with Gasteiger partial charge in [0.25, 0.3) is 0 Å². The molecular weight excluding hydrogens is 202 g/mol. The van der Waals surface area contributed by atoms with Crippen LogP contribution in [0.3, 0.4) is 0 Å². The molecule has 2 rings (SSSR count). The lowest BCUT2D eigenvalue weighted by Crippen LogP contribution is -2.23. The Morgan fingerprint density at radius 2 is 2.25 bits per heavy atom. The molecule has 84 valence electrons. The van der Waals surface area contributed by atoms with Crippen LogP contribution in [0.5, 0.6) is 5.75 Å². The summed E-state index contributed by atoms with van der Waals surface area (Å²) in [7, 11) is 0. The summed E-state index contributed by atoms with van der Waals surface area (Å²) in [5.41, 5.74) is 12.9. The molecule has 4 N–H and O–H groups in total. The van der Waals surface area contributed by atoms with Gasteiger partial charge in [-0.1, -0.05) is 6.07 Å². The van der Waals surface area contributed by atoms with Crippen molar-refractivity contribution in [2.75, 3.05) is 12.3 Å². The molecule has 0 bridgehead atoms. The summed E-state index contributed by atoms with van der Waals surface area (Å²) < 4.78 is 5.62. The van der Waals surface area contributed by atoms with Crippen molar-refractivity contribution in [2.45, 2.75) is 13.0 Å². The molecule has 1 aromatic heterocycles. The van der Waals surface area contributed by atoms with Gasteiger partial charge in [0.1, 0.15) is 12.4 Å². The first-order valence-electron chi connectivity index (χ1n) is 5.19. The number of pyridine rings is 1. The number of benzene rings is 1. The molecule has 4 nitrogen and oxygen atoms in total. The summed E-state index contributed by atoms with van der Waals surface area (Å²) in [6.07, 6.45) is 1.64. The van der Waals surface area contributed by atoms with Gasteiger partial charge >= 0.3 is 0 Å². The highest BCUT2D eigenvalue weighted by Crippen LogP contribution is 2.25. The second-order valence-corrected chi connectivity index (χ2v) is 3.88. The first-order valence-corrected chi connectivity index (χ1v) is 5.19. The van der Waals surface area contributed by atoms with Gasteiger partial charge in [-0.25, -0.2) is 0 Å². The van der Waals surface area contributed by atoms with E-state index in [0.29, 0.717) is 12.3 Å².